The molecular formula is C18H21ClN4O. The minimum Gasteiger partial charge on any atom is -0.441 e. The van der Waals surface area contributed by atoms with Gasteiger partial charge in [0.1, 0.15) is 11.6 Å². The van der Waals surface area contributed by atoms with Gasteiger partial charge in [-0.25, -0.2) is 9.97 Å². The number of nitrogens with zero attached hydrogens (tertiary/aromatic N) is 4. The van der Waals surface area contributed by atoms with Crippen molar-refractivity contribution in [2.45, 2.75) is 33.5 Å². The smallest absolute Gasteiger partial charge is 0.226 e. The highest BCUT2D eigenvalue weighted by Crippen LogP contribution is 2.24. The molecule has 0 atom stereocenters. The Balaban J connectivity index is 1.72. The summed E-state index contributed by atoms with van der Waals surface area (Å²) in [5.74, 6) is 2.52. The van der Waals surface area contributed by atoms with Crippen LogP contribution in [0.2, 0.25) is 5.02 Å². The number of halogens is 1. The van der Waals surface area contributed by atoms with Crippen molar-refractivity contribution in [3.05, 3.63) is 59.0 Å². The molecule has 3 aromatic rings. The first-order valence-electron chi connectivity index (χ1n) is 7.97. The van der Waals surface area contributed by atoms with Gasteiger partial charge in [0.25, 0.3) is 0 Å². The van der Waals surface area contributed by atoms with E-state index in [1.807, 2.05) is 43.6 Å². The quantitative estimate of drug-likeness (QED) is 0.674. The Morgan fingerprint density at radius 1 is 1.21 bits per heavy atom. The predicted molar refractivity (Wildman–Crippen MR) is 94.8 cm³/mol. The fourth-order valence-corrected chi connectivity index (χ4v) is 2.75. The van der Waals surface area contributed by atoms with Crippen molar-refractivity contribution in [1.82, 2.24) is 19.4 Å². The van der Waals surface area contributed by atoms with E-state index in [2.05, 4.69) is 33.4 Å². The standard InChI is InChI=1S/C18H21ClN4O/c1-4-23-10-9-20-17(23)12-22(3)11-16-13(2)24-18(21-16)14-5-7-15(19)8-6-14/h5-10H,4,11-12H2,1-3H3. The lowest BCUT2D eigenvalue weighted by Gasteiger charge is -2.15. The van der Waals surface area contributed by atoms with Gasteiger partial charge in [0.2, 0.25) is 5.89 Å². The minimum atomic E-state index is 0.627. The van der Waals surface area contributed by atoms with Crippen LogP contribution in [0.1, 0.15) is 24.2 Å². The lowest BCUT2D eigenvalue weighted by Crippen LogP contribution is -2.20. The number of aromatic nitrogens is 3. The van der Waals surface area contributed by atoms with Crippen molar-refractivity contribution in [2.24, 2.45) is 0 Å². The van der Waals surface area contributed by atoms with Crippen LogP contribution in [0.3, 0.4) is 0 Å². The molecular weight excluding hydrogens is 324 g/mol. The Kier molecular flexibility index (Phi) is 5.02. The van der Waals surface area contributed by atoms with E-state index >= 15 is 0 Å². The Morgan fingerprint density at radius 2 is 1.96 bits per heavy atom. The number of rotatable bonds is 6. The van der Waals surface area contributed by atoms with Crippen molar-refractivity contribution >= 4 is 11.6 Å². The average Bonchev–Trinajstić information content (AvgIpc) is 3.15. The van der Waals surface area contributed by atoms with Gasteiger partial charge in [-0.15, -0.1) is 0 Å². The summed E-state index contributed by atoms with van der Waals surface area (Å²) in [6, 6.07) is 7.51. The summed E-state index contributed by atoms with van der Waals surface area (Å²) < 4.78 is 7.96. The molecule has 2 heterocycles. The van der Waals surface area contributed by atoms with Crippen molar-refractivity contribution in [3.8, 4) is 11.5 Å². The van der Waals surface area contributed by atoms with Crippen LogP contribution >= 0.6 is 11.6 Å². The van der Waals surface area contributed by atoms with Gasteiger partial charge in [-0.2, -0.15) is 0 Å². The van der Waals surface area contributed by atoms with Gasteiger partial charge in [-0.1, -0.05) is 11.6 Å². The molecule has 0 fully saturated rings. The molecule has 6 heteroatoms. The van der Waals surface area contributed by atoms with Gasteiger partial charge < -0.3 is 8.98 Å². The second-order valence-electron chi connectivity index (χ2n) is 5.83. The monoisotopic (exact) mass is 344 g/mol. The molecule has 5 nitrogen and oxygen atoms in total. The van der Waals surface area contributed by atoms with Gasteiger partial charge in [0.05, 0.1) is 12.2 Å². The van der Waals surface area contributed by atoms with Crippen LogP contribution in [-0.2, 0) is 19.6 Å². The summed E-state index contributed by atoms with van der Waals surface area (Å²) in [6.45, 7) is 6.46. The zero-order valence-corrected chi connectivity index (χ0v) is 14.9. The molecule has 0 radical (unpaired) electrons. The molecule has 126 valence electrons. The lowest BCUT2D eigenvalue weighted by molar-refractivity contribution is 0.300. The van der Waals surface area contributed by atoms with E-state index in [-0.39, 0.29) is 0 Å². The first kappa shape index (κ1) is 16.7. The van der Waals surface area contributed by atoms with E-state index in [1.54, 1.807) is 0 Å². The average molecular weight is 345 g/mol. The molecule has 0 saturated heterocycles. The largest absolute Gasteiger partial charge is 0.441 e. The van der Waals surface area contributed by atoms with E-state index < -0.39 is 0 Å². The molecule has 0 N–H and O–H groups in total. The van der Waals surface area contributed by atoms with Crippen molar-refractivity contribution < 1.29 is 4.42 Å². The molecule has 1 aromatic carbocycles. The molecule has 0 bridgehead atoms. The third-order valence-electron chi connectivity index (χ3n) is 3.96. The Morgan fingerprint density at radius 3 is 2.67 bits per heavy atom. The molecule has 24 heavy (non-hydrogen) atoms. The van der Waals surface area contributed by atoms with Gasteiger partial charge in [-0.05, 0) is 45.2 Å². The fourth-order valence-electron chi connectivity index (χ4n) is 2.62. The Labute approximate surface area is 146 Å². The van der Waals surface area contributed by atoms with Crippen LogP contribution in [-0.4, -0.2) is 26.5 Å². The van der Waals surface area contributed by atoms with E-state index in [1.165, 1.54) is 0 Å². The number of aryl methyl sites for hydroxylation is 2. The summed E-state index contributed by atoms with van der Waals surface area (Å²) >= 11 is 5.93. The highest BCUT2D eigenvalue weighted by molar-refractivity contribution is 6.30. The van der Waals surface area contributed by atoms with Crippen LogP contribution in [0.5, 0.6) is 0 Å². The van der Waals surface area contributed by atoms with E-state index in [0.29, 0.717) is 17.5 Å². The molecule has 2 aromatic heterocycles. The third kappa shape index (κ3) is 3.68. The zero-order valence-electron chi connectivity index (χ0n) is 14.2. The van der Waals surface area contributed by atoms with E-state index in [4.69, 9.17) is 16.0 Å². The van der Waals surface area contributed by atoms with E-state index in [0.717, 1.165) is 35.9 Å². The second-order valence-corrected chi connectivity index (χ2v) is 6.27. The van der Waals surface area contributed by atoms with Crippen molar-refractivity contribution in [3.63, 3.8) is 0 Å². The number of hydrogen-bond donors (Lipinski definition) is 0. The first-order chi connectivity index (χ1) is 11.6. The summed E-state index contributed by atoms with van der Waals surface area (Å²) in [7, 11) is 2.06. The lowest BCUT2D eigenvalue weighted by atomic mass is 10.2. The second kappa shape index (κ2) is 7.20. The van der Waals surface area contributed by atoms with Crippen LogP contribution in [0.4, 0.5) is 0 Å². The highest BCUT2D eigenvalue weighted by atomic mass is 35.5. The number of benzene rings is 1. The van der Waals surface area contributed by atoms with Gasteiger partial charge in [0.15, 0.2) is 0 Å². The minimum absolute atomic E-state index is 0.627. The highest BCUT2D eigenvalue weighted by Gasteiger charge is 2.14. The van der Waals surface area contributed by atoms with Gasteiger partial charge in [0, 0.05) is 36.1 Å². The maximum atomic E-state index is 5.93. The van der Waals surface area contributed by atoms with Crippen molar-refractivity contribution in [1.29, 1.82) is 0 Å². The third-order valence-corrected chi connectivity index (χ3v) is 4.21. The van der Waals surface area contributed by atoms with Gasteiger partial charge >= 0.3 is 0 Å². The maximum absolute atomic E-state index is 5.93. The molecule has 0 aliphatic carbocycles. The molecule has 0 saturated carbocycles. The van der Waals surface area contributed by atoms with E-state index in [9.17, 15) is 0 Å². The fraction of sp³-hybridized carbons (Fsp3) is 0.333. The number of imidazole rings is 1. The molecule has 0 aliphatic rings. The molecule has 0 spiro atoms. The first-order valence-corrected chi connectivity index (χ1v) is 8.35. The topological polar surface area (TPSA) is 47.1 Å². The molecule has 3 rings (SSSR count). The summed E-state index contributed by atoms with van der Waals surface area (Å²) in [5, 5.41) is 0.702. The summed E-state index contributed by atoms with van der Waals surface area (Å²) in [4.78, 5) is 11.2. The number of hydrogen-bond acceptors (Lipinski definition) is 4. The Hall–Kier alpha value is -2.11. The van der Waals surface area contributed by atoms with Crippen molar-refractivity contribution in [2.75, 3.05) is 7.05 Å². The molecule has 0 unspecified atom stereocenters. The summed E-state index contributed by atoms with van der Waals surface area (Å²) in [6.07, 6.45) is 3.84. The molecule has 0 amide bonds. The SMILES string of the molecule is CCn1ccnc1CN(C)Cc1nc(-c2ccc(Cl)cc2)oc1C. The summed E-state index contributed by atoms with van der Waals surface area (Å²) in [5.41, 5.74) is 1.87. The normalized spacial score (nSPS) is 11.4. The maximum Gasteiger partial charge on any atom is 0.226 e. The van der Waals surface area contributed by atoms with Crippen LogP contribution in [0.15, 0.2) is 41.1 Å². The van der Waals surface area contributed by atoms with Gasteiger partial charge in [-0.3, -0.25) is 4.90 Å². The van der Waals surface area contributed by atoms with Crippen LogP contribution in [0, 0.1) is 6.92 Å². The van der Waals surface area contributed by atoms with Crippen LogP contribution in [0.25, 0.3) is 11.5 Å². The predicted octanol–water partition coefficient (Wildman–Crippen LogP) is 4.15. The zero-order chi connectivity index (χ0) is 17.1. The van der Waals surface area contributed by atoms with Crippen LogP contribution < -0.4 is 0 Å². The Bertz CT molecular complexity index is 807. The number of oxazole rings is 1. The molecule has 0 aliphatic heterocycles.